The Bertz CT molecular complexity index is 743. The van der Waals surface area contributed by atoms with Gasteiger partial charge >= 0.3 is 7.82 Å². The van der Waals surface area contributed by atoms with Crippen molar-refractivity contribution in [1.29, 1.82) is 0 Å². The highest BCUT2D eigenvalue weighted by molar-refractivity contribution is 7.47. The zero-order valence-electron chi connectivity index (χ0n) is 29.4. The highest BCUT2D eigenvalue weighted by atomic mass is 31.2. The number of unbranched alkanes of at least 4 members (excludes halogenated alkanes) is 19. The number of quaternary nitrogens is 1. The summed E-state index contributed by atoms with van der Waals surface area (Å²) in [5.41, 5.74) is 0. The van der Waals surface area contributed by atoms with Gasteiger partial charge in [-0.05, 0) is 19.3 Å². The molecule has 0 saturated carbocycles. The van der Waals surface area contributed by atoms with Crippen LogP contribution in [0.1, 0.15) is 155 Å². The molecule has 3 N–H and O–H groups in total. The molecule has 0 bridgehead atoms. The van der Waals surface area contributed by atoms with Gasteiger partial charge in [-0.1, -0.05) is 142 Å². The number of nitrogens with zero attached hydrogens (tertiary/aromatic N) is 1. The highest BCUT2D eigenvalue weighted by Gasteiger charge is 2.27. The first-order chi connectivity index (χ1) is 21.0. The molecular formula is C35H72N2O6P+. The molecule has 3 atom stereocenters. The predicted molar refractivity (Wildman–Crippen MR) is 185 cm³/mol. The molecule has 0 heterocycles. The van der Waals surface area contributed by atoms with Crippen molar-refractivity contribution in [3.63, 3.8) is 0 Å². The largest absolute Gasteiger partial charge is 0.472 e. The summed E-state index contributed by atoms with van der Waals surface area (Å²) in [6.45, 7) is 4.76. The van der Waals surface area contributed by atoms with E-state index in [0.29, 0.717) is 17.4 Å². The first-order valence-electron chi connectivity index (χ1n) is 18.1. The maximum Gasteiger partial charge on any atom is 0.472 e. The van der Waals surface area contributed by atoms with Crippen LogP contribution < -0.4 is 5.32 Å². The summed E-state index contributed by atoms with van der Waals surface area (Å²) >= 11 is 0. The molecule has 3 unspecified atom stereocenters. The number of carbonyl (C=O) groups is 1. The zero-order chi connectivity index (χ0) is 32.9. The summed E-state index contributed by atoms with van der Waals surface area (Å²) in [5.74, 6) is -0.184. The van der Waals surface area contributed by atoms with E-state index in [1.54, 1.807) is 6.08 Å². The minimum absolute atomic E-state index is 0.0637. The Kier molecular flexibility index (Phi) is 28.0. The molecule has 0 spiro atoms. The van der Waals surface area contributed by atoms with Gasteiger partial charge in [0.25, 0.3) is 0 Å². The molecule has 0 aliphatic carbocycles. The van der Waals surface area contributed by atoms with Gasteiger partial charge in [-0.2, -0.15) is 0 Å². The number of amides is 1. The van der Waals surface area contributed by atoms with E-state index in [-0.39, 0.29) is 19.1 Å². The van der Waals surface area contributed by atoms with Crippen molar-refractivity contribution >= 4 is 13.7 Å². The minimum atomic E-state index is -4.32. The van der Waals surface area contributed by atoms with E-state index in [1.807, 2.05) is 27.2 Å². The number of aliphatic hydroxyl groups excluding tert-OH is 1. The lowest BCUT2D eigenvalue weighted by molar-refractivity contribution is -0.870. The lowest BCUT2D eigenvalue weighted by Gasteiger charge is -2.25. The number of hydrogen-bond donors (Lipinski definition) is 3. The molecule has 0 rings (SSSR count). The molecule has 0 aromatic rings. The monoisotopic (exact) mass is 648 g/mol. The second-order valence-corrected chi connectivity index (χ2v) is 15.1. The summed E-state index contributed by atoms with van der Waals surface area (Å²) < 4.78 is 23.4. The van der Waals surface area contributed by atoms with Crippen LogP contribution in [0.3, 0.4) is 0 Å². The number of carbonyl (C=O) groups excluding carboxylic acids is 1. The normalized spacial score (nSPS) is 15.0. The van der Waals surface area contributed by atoms with Gasteiger partial charge in [-0.3, -0.25) is 13.8 Å². The van der Waals surface area contributed by atoms with E-state index < -0.39 is 20.0 Å². The van der Waals surface area contributed by atoms with Crippen LogP contribution in [0, 0.1) is 0 Å². The average Bonchev–Trinajstić information content (AvgIpc) is 2.95. The van der Waals surface area contributed by atoms with E-state index in [0.717, 1.165) is 38.5 Å². The van der Waals surface area contributed by atoms with Gasteiger partial charge in [0.1, 0.15) is 13.2 Å². The van der Waals surface area contributed by atoms with Crippen molar-refractivity contribution < 1.29 is 32.9 Å². The SMILES string of the molecule is CCCCCCCCCCCCCC/C=C/C(O)C(COP(=O)(O)OCC[N+](C)(C)C)NC(=O)CCCCCCCCCC. The fourth-order valence-corrected chi connectivity index (χ4v) is 5.77. The van der Waals surface area contributed by atoms with Gasteiger partial charge in [0, 0.05) is 6.42 Å². The summed E-state index contributed by atoms with van der Waals surface area (Å²) in [7, 11) is 1.57. The number of aliphatic hydroxyl groups is 1. The second-order valence-electron chi connectivity index (χ2n) is 13.6. The van der Waals surface area contributed by atoms with Crippen LogP contribution in [-0.2, 0) is 18.4 Å². The number of phosphoric acid groups is 1. The Hall–Kier alpha value is -0.760. The number of hydrogen-bond acceptors (Lipinski definition) is 5. The molecule has 262 valence electrons. The third-order valence-corrected chi connectivity index (χ3v) is 8.99. The van der Waals surface area contributed by atoms with Gasteiger partial charge in [0.05, 0.1) is 39.9 Å². The van der Waals surface area contributed by atoms with Crippen molar-refractivity contribution in [2.45, 2.75) is 167 Å². The van der Waals surface area contributed by atoms with Crippen LogP contribution in [0.2, 0.25) is 0 Å². The van der Waals surface area contributed by atoms with Crippen LogP contribution in [-0.4, -0.2) is 73.4 Å². The number of likely N-dealkylation sites (N-methyl/N-ethyl adjacent to an activating group) is 1. The molecule has 0 radical (unpaired) electrons. The molecule has 0 aromatic heterocycles. The Morgan fingerprint density at radius 1 is 0.750 bits per heavy atom. The summed E-state index contributed by atoms with van der Waals surface area (Å²) in [4.78, 5) is 22.8. The first-order valence-corrected chi connectivity index (χ1v) is 19.6. The lowest BCUT2D eigenvalue weighted by Crippen LogP contribution is -2.45. The van der Waals surface area contributed by atoms with Crippen LogP contribution in [0.25, 0.3) is 0 Å². The molecular weight excluding hydrogens is 575 g/mol. The van der Waals surface area contributed by atoms with Crippen LogP contribution in [0.5, 0.6) is 0 Å². The fraction of sp³-hybridized carbons (Fsp3) is 0.914. The minimum Gasteiger partial charge on any atom is -0.387 e. The van der Waals surface area contributed by atoms with Crippen molar-refractivity contribution in [1.82, 2.24) is 5.32 Å². The predicted octanol–water partition coefficient (Wildman–Crippen LogP) is 8.85. The molecule has 1 amide bonds. The Morgan fingerprint density at radius 3 is 1.68 bits per heavy atom. The maximum atomic E-state index is 12.7. The highest BCUT2D eigenvalue weighted by Crippen LogP contribution is 2.43. The molecule has 0 aromatic carbocycles. The third kappa shape index (κ3) is 29.9. The molecule has 0 saturated heterocycles. The van der Waals surface area contributed by atoms with Crippen molar-refractivity contribution in [2.24, 2.45) is 0 Å². The van der Waals surface area contributed by atoms with Crippen LogP contribution >= 0.6 is 7.82 Å². The molecule has 0 aliphatic heterocycles. The fourth-order valence-electron chi connectivity index (χ4n) is 5.04. The lowest BCUT2D eigenvalue weighted by atomic mass is 10.0. The Morgan fingerprint density at radius 2 is 1.20 bits per heavy atom. The van der Waals surface area contributed by atoms with Crippen LogP contribution in [0.15, 0.2) is 12.2 Å². The third-order valence-electron chi connectivity index (χ3n) is 8.01. The molecule has 0 aliphatic rings. The van der Waals surface area contributed by atoms with E-state index in [4.69, 9.17) is 9.05 Å². The van der Waals surface area contributed by atoms with Crippen molar-refractivity contribution in [3.8, 4) is 0 Å². The van der Waals surface area contributed by atoms with Crippen LogP contribution in [0.4, 0.5) is 0 Å². The quantitative estimate of drug-likeness (QED) is 0.0292. The standard InChI is InChI=1S/C35H71N2O6P/c1-6-8-10-12-14-16-17-18-19-20-21-22-24-26-28-34(38)33(32-43-44(40,41)42-31-30-37(3,4)5)36-35(39)29-27-25-23-15-13-11-9-7-2/h26,28,33-34,38H,6-25,27,29-32H2,1-5H3,(H-,36,39,40,41)/p+1/b28-26+. The second kappa shape index (κ2) is 28.5. The number of phosphoric ester groups is 1. The van der Waals surface area contributed by atoms with Crippen molar-refractivity contribution in [2.75, 3.05) is 40.9 Å². The Balaban J connectivity index is 4.55. The molecule has 9 heteroatoms. The maximum absolute atomic E-state index is 12.7. The van der Waals surface area contributed by atoms with E-state index >= 15 is 0 Å². The van der Waals surface area contributed by atoms with Gasteiger partial charge in [-0.15, -0.1) is 0 Å². The number of rotatable bonds is 32. The zero-order valence-corrected chi connectivity index (χ0v) is 30.3. The molecule has 44 heavy (non-hydrogen) atoms. The first kappa shape index (κ1) is 43.2. The van der Waals surface area contributed by atoms with Gasteiger partial charge < -0.3 is 19.8 Å². The summed E-state index contributed by atoms with van der Waals surface area (Å²) in [6.07, 6.45) is 28.5. The summed E-state index contributed by atoms with van der Waals surface area (Å²) in [5, 5.41) is 13.7. The van der Waals surface area contributed by atoms with E-state index in [9.17, 15) is 19.4 Å². The van der Waals surface area contributed by atoms with E-state index in [2.05, 4.69) is 19.2 Å². The number of nitrogens with one attached hydrogen (secondary N) is 1. The van der Waals surface area contributed by atoms with Gasteiger partial charge in [0.2, 0.25) is 5.91 Å². The summed E-state index contributed by atoms with van der Waals surface area (Å²) in [6, 6.07) is -0.836. The topological polar surface area (TPSA) is 105 Å². The van der Waals surface area contributed by atoms with Gasteiger partial charge in [0.15, 0.2) is 0 Å². The molecule has 0 fully saturated rings. The van der Waals surface area contributed by atoms with E-state index in [1.165, 1.54) is 96.3 Å². The number of allylic oxidation sites excluding steroid dienone is 1. The van der Waals surface area contributed by atoms with Gasteiger partial charge in [-0.25, -0.2) is 4.57 Å². The van der Waals surface area contributed by atoms with Crippen molar-refractivity contribution in [3.05, 3.63) is 12.2 Å². The smallest absolute Gasteiger partial charge is 0.387 e. The Labute approximate surface area is 272 Å². The average molecular weight is 648 g/mol. The molecule has 8 nitrogen and oxygen atoms in total.